The monoisotopic (exact) mass is 426 g/mol. The average Bonchev–Trinajstić information content (AvgIpc) is 3.07. The number of amides is 2. The van der Waals surface area contributed by atoms with Gasteiger partial charge in [-0.2, -0.15) is 0 Å². The molecule has 0 saturated carbocycles. The van der Waals surface area contributed by atoms with Gasteiger partial charge in [-0.05, 0) is 35.9 Å². The first kappa shape index (κ1) is 21.1. The number of fused-ring (bicyclic) bond motifs is 1. The lowest BCUT2D eigenvalue weighted by molar-refractivity contribution is -0.145. The van der Waals surface area contributed by atoms with Gasteiger partial charge in [0.2, 0.25) is 0 Å². The van der Waals surface area contributed by atoms with Crippen molar-refractivity contribution in [1.29, 1.82) is 0 Å². The minimum Gasteiger partial charge on any atom is -0.461 e. The van der Waals surface area contributed by atoms with E-state index in [9.17, 15) is 14.4 Å². The van der Waals surface area contributed by atoms with Crippen LogP contribution in [0.5, 0.6) is 0 Å². The van der Waals surface area contributed by atoms with E-state index in [-0.39, 0.29) is 31.4 Å². The minimum atomic E-state index is -0.410. The zero-order valence-electron chi connectivity index (χ0n) is 17.4. The molecule has 32 heavy (non-hydrogen) atoms. The summed E-state index contributed by atoms with van der Waals surface area (Å²) in [5, 5.41) is 2.82. The fraction of sp³-hybridized carbons (Fsp3) is 0.115. The van der Waals surface area contributed by atoms with Crippen LogP contribution in [0, 0.1) is 0 Å². The Hall–Kier alpha value is -4.19. The van der Waals surface area contributed by atoms with Crippen LogP contribution in [0.4, 0.5) is 5.69 Å². The van der Waals surface area contributed by atoms with Crippen molar-refractivity contribution in [2.75, 3.05) is 11.9 Å². The van der Waals surface area contributed by atoms with E-state index < -0.39 is 5.97 Å². The summed E-state index contributed by atoms with van der Waals surface area (Å²) in [5.74, 6) is -0.772. The molecule has 0 bridgehead atoms. The summed E-state index contributed by atoms with van der Waals surface area (Å²) in [6, 6.07) is 23.3. The van der Waals surface area contributed by atoms with Crippen molar-refractivity contribution in [3.63, 3.8) is 0 Å². The van der Waals surface area contributed by atoms with Crippen molar-refractivity contribution < 1.29 is 19.1 Å². The van der Waals surface area contributed by atoms with E-state index in [2.05, 4.69) is 11.9 Å². The lowest BCUT2D eigenvalue weighted by Crippen LogP contribution is -2.26. The lowest BCUT2D eigenvalue weighted by atomic mass is 10.1. The highest BCUT2D eigenvalue weighted by Gasteiger charge is 2.30. The fourth-order valence-electron chi connectivity index (χ4n) is 3.49. The normalized spacial score (nSPS) is 12.4. The van der Waals surface area contributed by atoms with Crippen LogP contribution in [0.25, 0.3) is 5.70 Å². The van der Waals surface area contributed by atoms with Crippen LogP contribution < -0.4 is 5.32 Å². The molecule has 0 aromatic heterocycles. The Morgan fingerprint density at radius 2 is 1.53 bits per heavy atom. The second-order valence-corrected chi connectivity index (χ2v) is 7.38. The van der Waals surface area contributed by atoms with Crippen molar-refractivity contribution >= 4 is 29.2 Å². The molecule has 0 unspecified atom stereocenters. The number of nitrogens with zero attached hydrogens (tertiary/aromatic N) is 1. The van der Waals surface area contributed by atoms with E-state index >= 15 is 0 Å². The Labute approximate surface area is 186 Å². The van der Waals surface area contributed by atoms with Crippen molar-refractivity contribution in [3.8, 4) is 0 Å². The Morgan fingerprint density at radius 3 is 2.22 bits per heavy atom. The predicted molar refractivity (Wildman–Crippen MR) is 122 cm³/mol. The van der Waals surface area contributed by atoms with Gasteiger partial charge in [-0.3, -0.25) is 14.4 Å². The Morgan fingerprint density at radius 1 is 0.875 bits per heavy atom. The van der Waals surface area contributed by atoms with Crippen LogP contribution in [-0.4, -0.2) is 29.2 Å². The summed E-state index contributed by atoms with van der Waals surface area (Å²) in [5.41, 5.74) is 3.99. The van der Waals surface area contributed by atoms with E-state index in [1.165, 1.54) is 4.90 Å². The second kappa shape index (κ2) is 9.31. The van der Waals surface area contributed by atoms with Gasteiger partial charge < -0.3 is 15.0 Å². The molecule has 0 spiro atoms. The molecular weight excluding hydrogens is 404 g/mol. The zero-order chi connectivity index (χ0) is 22.5. The van der Waals surface area contributed by atoms with Gasteiger partial charge in [0.05, 0.1) is 6.42 Å². The first-order chi connectivity index (χ1) is 15.5. The maximum atomic E-state index is 12.5. The Balaban J connectivity index is 1.25. The first-order valence-electron chi connectivity index (χ1n) is 10.2. The van der Waals surface area contributed by atoms with Crippen molar-refractivity contribution in [2.24, 2.45) is 0 Å². The number of anilines is 1. The topological polar surface area (TPSA) is 75.7 Å². The number of esters is 1. The SMILES string of the molecule is C=C1c2ccccc2C(=O)N1CCC(=O)OCc1ccc(C(=O)Nc2ccccc2)cc1. The molecular formula is C26H22N2O4. The van der Waals surface area contributed by atoms with Gasteiger partial charge in [-0.15, -0.1) is 0 Å². The summed E-state index contributed by atoms with van der Waals surface area (Å²) in [4.78, 5) is 38.5. The minimum absolute atomic E-state index is 0.0658. The van der Waals surface area contributed by atoms with Gasteiger partial charge in [0.15, 0.2) is 0 Å². The number of ether oxygens (including phenoxy) is 1. The third-order valence-corrected chi connectivity index (χ3v) is 5.23. The molecule has 3 aromatic carbocycles. The molecule has 0 fully saturated rings. The van der Waals surface area contributed by atoms with Crippen LogP contribution in [-0.2, 0) is 16.1 Å². The van der Waals surface area contributed by atoms with Crippen LogP contribution in [0.1, 0.15) is 38.3 Å². The molecule has 6 heteroatoms. The average molecular weight is 426 g/mol. The highest BCUT2D eigenvalue weighted by Crippen LogP contribution is 2.31. The molecule has 0 atom stereocenters. The lowest BCUT2D eigenvalue weighted by Gasteiger charge is -2.16. The van der Waals surface area contributed by atoms with E-state index in [0.717, 1.165) is 16.8 Å². The van der Waals surface area contributed by atoms with Gasteiger partial charge in [0.25, 0.3) is 11.8 Å². The van der Waals surface area contributed by atoms with Crippen molar-refractivity contribution in [2.45, 2.75) is 13.0 Å². The number of para-hydroxylation sites is 1. The van der Waals surface area contributed by atoms with Gasteiger partial charge in [-0.25, -0.2) is 0 Å². The van der Waals surface area contributed by atoms with Crippen LogP contribution in [0.3, 0.4) is 0 Å². The maximum absolute atomic E-state index is 12.5. The van der Waals surface area contributed by atoms with Crippen molar-refractivity contribution in [1.82, 2.24) is 4.90 Å². The number of carbonyl (C=O) groups excluding carboxylic acids is 3. The molecule has 1 aliphatic rings. The van der Waals surface area contributed by atoms with E-state index in [4.69, 9.17) is 4.74 Å². The van der Waals surface area contributed by atoms with E-state index in [1.807, 2.05) is 42.5 Å². The Kier molecular flexibility index (Phi) is 6.12. The molecule has 6 nitrogen and oxygen atoms in total. The summed E-state index contributed by atoms with van der Waals surface area (Å²) in [6.07, 6.45) is 0.0658. The van der Waals surface area contributed by atoms with Gasteiger partial charge in [0.1, 0.15) is 6.61 Å². The molecule has 1 aliphatic heterocycles. The Bertz CT molecular complexity index is 1130. The first-order valence-corrected chi connectivity index (χ1v) is 10.2. The molecule has 4 rings (SSSR count). The van der Waals surface area contributed by atoms with Crippen LogP contribution in [0.15, 0.2) is 85.4 Å². The summed E-state index contributed by atoms with van der Waals surface area (Å²) in [6.45, 7) is 4.27. The molecule has 3 aromatic rings. The molecule has 0 aliphatic carbocycles. The molecule has 2 amide bonds. The quantitative estimate of drug-likeness (QED) is 0.565. The smallest absolute Gasteiger partial charge is 0.307 e. The van der Waals surface area contributed by atoms with E-state index in [1.54, 1.807) is 36.4 Å². The van der Waals surface area contributed by atoms with Gasteiger partial charge in [0, 0.05) is 34.6 Å². The van der Waals surface area contributed by atoms with Crippen LogP contribution >= 0.6 is 0 Å². The number of benzene rings is 3. The maximum Gasteiger partial charge on any atom is 0.307 e. The summed E-state index contributed by atoms with van der Waals surface area (Å²) >= 11 is 0. The van der Waals surface area contributed by atoms with Crippen molar-refractivity contribution in [3.05, 3.63) is 108 Å². The molecule has 1 heterocycles. The fourth-order valence-corrected chi connectivity index (χ4v) is 3.49. The molecule has 1 N–H and O–H groups in total. The number of nitrogens with one attached hydrogen (secondary N) is 1. The summed E-state index contributed by atoms with van der Waals surface area (Å²) < 4.78 is 5.32. The largest absolute Gasteiger partial charge is 0.461 e. The molecule has 0 radical (unpaired) electrons. The number of hydrogen-bond acceptors (Lipinski definition) is 4. The van der Waals surface area contributed by atoms with E-state index in [0.29, 0.717) is 16.8 Å². The number of rotatable bonds is 7. The van der Waals surface area contributed by atoms with Crippen LogP contribution in [0.2, 0.25) is 0 Å². The highest BCUT2D eigenvalue weighted by molar-refractivity contribution is 6.09. The van der Waals surface area contributed by atoms with Gasteiger partial charge in [-0.1, -0.05) is 55.1 Å². The predicted octanol–water partition coefficient (Wildman–Crippen LogP) is 4.50. The summed E-state index contributed by atoms with van der Waals surface area (Å²) in [7, 11) is 0. The third kappa shape index (κ3) is 4.59. The zero-order valence-corrected chi connectivity index (χ0v) is 17.4. The molecule has 0 saturated heterocycles. The van der Waals surface area contributed by atoms with Gasteiger partial charge >= 0.3 is 5.97 Å². The molecule has 160 valence electrons. The highest BCUT2D eigenvalue weighted by atomic mass is 16.5. The standard InChI is InChI=1S/C26H22N2O4/c1-18-22-9-5-6-10-23(22)26(31)28(18)16-15-24(29)32-17-19-11-13-20(14-12-19)25(30)27-21-7-3-2-4-8-21/h2-14H,1,15-17H2,(H,27,30). The number of carbonyl (C=O) groups is 3. The number of hydrogen-bond donors (Lipinski definition) is 1. The third-order valence-electron chi connectivity index (χ3n) is 5.23. The second-order valence-electron chi connectivity index (χ2n) is 7.38.